The molecule has 1 saturated carbocycles. The number of rotatable bonds is 1. The van der Waals surface area contributed by atoms with Gasteiger partial charge in [-0.3, -0.25) is 0 Å². The minimum atomic E-state index is -0.533. The summed E-state index contributed by atoms with van der Waals surface area (Å²) in [6.45, 7) is 6.57. The summed E-state index contributed by atoms with van der Waals surface area (Å²) in [6.07, 6.45) is 1.57. The van der Waals surface area contributed by atoms with Gasteiger partial charge >= 0.3 is 5.97 Å². The highest BCUT2D eigenvalue weighted by atomic mass is 16.7. The first-order valence-electron chi connectivity index (χ1n) is 7.49. The van der Waals surface area contributed by atoms with Crippen LogP contribution in [0.4, 0.5) is 0 Å². The van der Waals surface area contributed by atoms with E-state index < -0.39 is 12.4 Å². The Morgan fingerprint density at radius 2 is 2.05 bits per heavy atom. The summed E-state index contributed by atoms with van der Waals surface area (Å²) in [6, 6.07) is 0. The van der Waals surface area contributed by atoms with Gasteiger partial charge in [0.2, 0.25) is 6.29 Å². The van der Waals surface area contributed by atoms with Crippen molar-refractivity contribution in [2.75, 3.05) is 7.11 Å². The molecule has 5 atom stereocenters. The number of cyclic esters (lactones) is 1. The first kappa shape index (κ1) is 14.1. The number of hydrogen-bond acceptors (Lipinski definition) is 4. The van der Waals surface area contributed by atoms with Crippen molar-refractivity contribution in [3.63, 3.8) is 0 Å². The minimum absolute atomic E-state index is 0.112. The van der Waals surface area contributed by atoms with E-state index in [1.807, 2.05) is 0 Å². The lowest BCUT2D eigenvalue weighted by Crippen LogP contribution is -2.28. The normalized spacial score (nSPS) is 43.0. The van der Waals surface area contributed by atoms with Crippen LogP contribution in [0.5, 0.6) is 0 Å². The third-order valence-corrected chi connectivity index (χ3v) is 5.35. The number of carbonyl (C=O) groups is 1. The minimum Gasteiger partial charge on any atom is -0.432 e. The molecule has 20 heavy (non-hydrogen) atoms. The molecule has 1 N–H and O–H groups in total. The van der Waals surface area contributed by atoms with Gasteiger partial charge in [0, 0.05) is 12.7 Å². The Morgan fingerprint density at radius 1 is 1.35 bits per heavy atom. The Morgan fingerprint density at radius 3 is 2.70 bits per heavy atom. The molecule has 0 radical (unpaired) electrons. The van der Waals surface area contributed by atoms with E-state index in [-0.39, 0.29) is 23.2 Å². The number of fused-ring (bicyclic) bond motifs is 2. The third kappa shape index (κ3) is 2.01. The summed E-state index contributed by atoms with van der Waals surface area (Å²) >= 11 is 0. The van der Waals surface area contributed by atoms with E-state index in [1.54, 1.807) is 7.11 Å². The Bertz CT molecular complexity index is 465. The third-order valence-electron chi connectivity index (χ3n) is 5.35. The van der Waals surface area contributed by atoms with Gasteiger partial charge in [0.15, 0.2) is 0 Å². The largest absolute Gasteiger partial charge is 0.432 e. The highest BCUT2D eigenvalue weighted by Crippen LogP contribution is 2.54. The first-order valence-corrected chi connectivity index (χ1v) is 7.49. The number of aliphatic hydroxyl groups is 1. The van der Waals surface area contributed by atoms with Gasteiger partial charge in [-0.1, -0.05) is 26.3 Å². The fourth-order valence-electron chi connectivity index (χ4n) is 4.33. The van der Waals surface area contributed by atoms with Crippen LogP contribution < -0.4 is 0 Å². The van der Waals surface area contributed by atoms with Crippen molar-refractivity contribution in [1.29, 1.82) is 0 Å². The molecule has 0 unspecified atom stereocenters. The maximum absolute atomic E-state index is 12.3. The Hall–Kier alpha value is -0.870. The second kappa shape index (κ2) is 4.57. The van der Waals surface area contributed by atoms with Gasteiger partial charge in [0.1, 0.15) is 0 Å². The Labute approximate surface area is 120 Å². The van der Waals surface area contributed by atoms with Gasteiger partial charge in [-0.2, -0.15) is 0 Å². The molecule has 1 aliphatic heterocycles. The average molecular weight is 280 g/mol. The molecular weight excluding hydrogens is 256 g/mol. The number of aliphatic hydroxyl groups excluding tert-OH is 1. The lowest BCUT2D eigenvalue weighted by molar-refractivity contribution is -0.162. The second-order valence-electron chi connectivity index (χ2n) is 7.37. The van der Waals surface area contributed by atoms with Crippen molar-refractivity contribution in [2.24, 2.45) is 23.2 Å². The molecule has 2 aliphatic carbocycles. The topological polar surface area (TPSA) is 55.8 Å². The monoisotopic (exact) mass is 280 g/mol. The molecule has 0 aromatic carbocycles. The van der Waals surface area contributed by atoms with Crippen LogP contribution in [0, 0.1) is 23.2 Å². The van der Waals surface area contributed by atoms with Crippen LogP contribution in [-0.4, -0.2) is 30.6 Å². The average Bonchev–Trinajstić information content (AvgIpc) is 2.82. The molecule has 0 aromatic rings. The highest BCUT2D eigenvalue weighted by Gasteiger charge is 2.51. The van der Waals surface area contributed by atoms with Gasteiger partial charge < -0.3 is 14.6 Å². The first-order chi connectivity index (χ1) is 9.34. The zero-order chi connectivity index (χ0) is 14.7. The number of carbonyl (C=O) groups excluding carboxylic acids is 1. The summed E-state index contributed by atoms with van der Waals surface area (Å²) in [5.74, 6) is 0.137. The smallest absolute Gasteiger partial charge is 0.336 e. The van der Waals surface area contributed by atoms with E-state index in [1.165, 1.54) is 5.57 Å². The highest BCUT2D eigenvalue weighted by molar-refractivity contribution is 5.92. The number of allylic oxidation sites excluding steroid dienone is 1. The van der Waals surface area contributed by atoms with Crippen molar-refractivity contribution in [2.45, 2.75) is 52.4 Å². The fraction of sp³-hybridized carbons (Fsp3) is 0.812. The quantitative estimate of drug-likeness (QED) is 0.749. The van der Waals surface area contributed by atoms with Crippen molar-refractivity contribution >= 4 is 5.97 Å². The van der Waals surface area contributed by atoms with Gasteiger partial charge in [0.05, 0.1) is 12.0 Å². The SMILES string of the molecule is CO[C@@H]1OC(=O)C2=C3CC(C)(C)C[C@H]3[C@@H](C)[C@H](O)C[C@@H]21. The van der Waals surface area contributed by atoms with Crippen LogP contribution in [0.2, 0.25) is 0 Å². The number of hydrogen-bond donors (Lipinski definition) is 1. The number of ether oxygens (including phenoxy) is 2. The predicted octanol–water partition coefficient (Wildman–Crippen LogP) is 2.27. The maximum atomic E-state index is 12.3. The molecule has 3 rings (SSSR count). The van der Waals surface area contributed by atoms with Crippen molar-refractivity contribution in [3.05, 3.63) is 11.1 Å². The van der Waals surface area contributed by atoms with Gasteiger partial charge in [-0.05, 0) is 36.5 Å². The van der Waals surface area contributed by atoms with Crippen LogP contribution in [0.25, 0.3) is 0 Å². The van der Waals surface area contributed by atoms with Crippen molar-refractivity contribution in [1.82, 2.24) is 0 Å². The van der Waals surface area contributed by atoms with Crippen molar-refractivity contribution in [3.8, 4) is 0 Å². The summed E-state index contributed by atoms with van der Waals surface area (Å²) in [5, 5.41) is 10.5. The van der Waals surface area contributed by atoms with Crippen LogP contribution in [0.1, 0.15) is 40.0 Å². The molecule has 0 bridgehead atoms. The Kier molecular flexibility index (Phi) is 3.22. The summed E-state index contributed by atoms with van der Waals surface area (Å²) in [5.41, 5.74) is 2.21. The summed E-state index contributed by atoms with van der Waals surface area (Å²) < 4.78 is 10.6. The second-order valence-corrected chi connectivity index (χ2v) is 7.37. The lowest BCUT2D eigenvalue weighted by Gasteiger charge is -2.26. The Balaban J connectivity index is 2.09. The molecular formula is C16H24O4. The van der Waals surface area contributed by atoms with Crippen LogP contribution in [-0.2, 0) is 14.3 Å². The lowest BCUT2D eigenvalue weighted by atomic mass is 9.83. The van der Waals surface area contributed by atoms with Gasteiger partial charge in [-0.15, -0.1) is 0 Å². The van der Waals surface area contributed by atoms with Gasteiger partial charge in [0.25, 0.3) is 0 Å². The van der Waals surface area contributed by atoms with Crippen LogP contribution in [0.15, 0.2) is 11.1 Å². The van der Waals surface area contributed by atoms with E-state index in [0.717, 1.165) is 18.4 Å². The van der Waals surface area contributed by atoms with E-state index >= 15 is 0 Å². The van der Waals surface area contributed by atoms with E-state index in [4.69, 9.17) is 9.47 Å². The zero-order valence-electron chi connectivity index (χ0n) is 12.7. The molecule has 112 valence electrons. The maximum Gasteiger partial charge on any atom is 0.336 e. The molecule has 1 heterocycles. The molecule has 0 amide bonds. The van der Waals surface area contributed by atoms with E-state index in [2.05, 4.69) is 20.8 Å². The fourth-order valence-corrected chi connectivity index (χ4v) is 4.33. The van der Waals surface area contributed by atoms with E-state index in [0.29, 0.717) is 12.3 Å². The molecule has 4 nitrogen and oxygen atoms in total. The van der Waals surface area contributed by atoms with Gasteiger partial charge in [-0.25, -0.2) is 4.79 Å². The molecule has 0 spiro atoms. The number of esters is 1. The standard InChI is InChI=1S/C16H24O4/c1-8-10-6-16(2,3)7-11(10)13-9(5-12(8)17)15(19-4)20-14(13)18/h8-10,12,15,17H,5-7H2,1-4H3/t8-,9+,10+,12-,15-/m1/s1. The molecule has 3 aliphatic rings. The van der Waals surface area contributed by atoms with Crippen molar-refractivity contribution < 1.29 is 19.4 Å². The van der Waals surface area contributed by atoms with Crippen LogP contribution >= 0.6 is 0 Å². The zero-order valence-corrected chi connectivity index (χ0v) is 12.7. The molecule has 2 fully saturated rings. The summed E-state index contributed by atoms with van der Waals surface area (Å²) in [4.78, 5) is 12.3. The summed E-state index contributed by atoms with van der Waals surface area (Å²) in [7, 11) is 1.56. The molecule has 0 aromatic heterocycles. The number of methoxy groups -OCH3 is 1. The van der Waals surface area contributed by atoms with E-state index in [9.17, 15) is 9.90 Å². The molecule has 1 saturated heterocycles. The molecule has 4 heteroatoms. The van der Waals surface area contributed by atoms with Crippen LogP contribution in [0.3, 0.4) is 0 Å². The predicted molar refractivity (Wildman–Crippen MR) is 73.7 cm³/mol.